The first kappa shape index (κ1) is 12.1. The fourth-order valence-electron chi connectivity index (χ4n) is 2.56. The summed E-state index contributed by atoms with van der Waals surface area (Å²) in [7, 11) is 0. The third kappa shape index (κ3) is 3.05. The van der Waals surface area contributed by atoms with Gasteiger partial charge in [0.25, 0.3) is 0 Å². The highest BCUT2D eigenvalue weighted by atomic mass is 32.1. The van der Waals surface area contributed by atoms with E-state index in [2.05, 4.69) is 24.1 Å². The zero-order valence-corrected chi connectivity index (χ0v) is 11.1. The number of aryl methyl sites for hydroxylation is 1. The van der Waals surface area contributed by atoms with Crippen LogP contribution in [0.4, 0.5) is 0 Å². The highest BCUT2D eigenvalue weighted by Gasteiger charge is 2.20. The van der Waals surface area contributed by atoms with Gasteiger partial charge in [-0.1, -0.05) is 26.2 Å². The Labute approximate surface area is 102 Å². The molecule has 2 atom stereocenters. The Morgan fingerprint density at radius 1 is 1.44 bits per heavy atom. The van der Waals surface area contributed by atoms with Crippen molar-refractivity contribution in [3.8, 4) is 0 Å². The number of nitrogens with zero attached hydrogens (tertiary/aromatic N) is 1. The number of hydrogen-bond acceptors (Lipinski definition) is 3. The Bertz CT molecular complexity index is 321. The van der Waals surface area contributed by atoms with E-state index in [1.807, 2.05) is 5.51 Å². The van der Waals surface area contributed by atoms with E-state index in [4.69, 9.17) is 0 Å². The lowest BCUT2D eigenvalue weighted by Gasteiger charge is -2.28. The lowest BCUT2D eigenvalue weighted by molar-refractivity contribution is 0.248. The topological polar surface area (TPSA) is 24.9 Å². The first-order valence-corrected chi connectivity index (χ1v) is 7.25. The van der Waals surface area contributed by atoms with E-state index in [1.165, 1.54) is 42.8 Å². The summed E-state index contributed by atoms with van der Waals surface area (Å²) in [4.78, 5) is 5.67. The normalized spacial score (nSPS) is 25.9. The fraction of sp³-hybridized carbons (Fsp3) is 0.769. The van der Waals surface area contributed by atoms with Gasteiger partial charge in [0.15, 0.2) is 0 Å². The molecule has 0 aliphatic heterocycles. The summed E-state index contributed by atoms with van der Waals surface area (Å²) < 4.78 is 0. The van der Waals surface area contributed by atoms with Crippen LogP contribution in [0.25, 0.3) is 0 Å². The zero-order chi connectivity index (χ0) is 11.4. The molecule has 1 aliphatic carbocycles. The van der Waals surface area contributed by atoms with Crippen molar-refractivity contribution in [2.75, 3.05) is 6.54 Å². The molecule has 0 spiro atoms. The van der Waals surface area contributed by atoms with Crippen LogP contribution in [0.1, 0.15) is 43.2 Å². The van der Waals surface area contributed by atoms with Crippen LogP contribution in [0.3, 0.4) is 0 Å². The summed E-state index contributed by atoms with van der Waals surface area (Å²) >= 11 is 1.76. The SMILES string of the molecule is Cc1ncsc1CNCC1CCCCC1C. The van der Waals surface area contributed by atoms with Crippen molar-refractivity contribution in [1.29, 1.82) is 0 Å². The molecule has 1 fully saturated rings. The van der Waals surface area contributed by atoms with E-state index in [9.17, 15) is 0 Å². The molecule has 0 amide bonds. The second kappa shape index (κ2) is 5.78. The van der Waals surface area contributed by atoms with Crippen LogP contribution in [0.2, 0.25) is 0 Å². The molecule has 1 aromatic heterocycles. The molecule has 1 heterocycles. The quantitative estimate of drug-likeness (QED) is 0.870. The summed E-state index contributed by atoms with van der Waals surface area (Å²) in [5.41, 5.74) is 3.13. The summed E-state index contributed by atoms with van der Waals surface area (Å²) in [6, 6.07) is 0. The van der Waals surface area contributed by atoms with Crippen molar-refractivity contribution in [2.24, 2.45) is 11.8 Å². The van der Waals surface area contributed by atoms with Gasteiger partial charge >= 0.3 is 0 Å². The molecule has 1 N–H and O–H groups in total. The number of nitrogens with one attached hydrogen (secondary N) is 1. The standard InChI is InChI=1S/C13H22N2S/c1-10-5-3-4-6-12(10)7-14-8-13-11(2)15-9-16-13/h9-10,12,14H,3-8H2,1-2H3. The predicted octanol–water partition coefficient (Wildman–Crippen LogP) is 3.37. The molecule has 2 rings (SSSR count). The predicted molar refractivity (Wildman–Crippen MR) is 69.7 cm³/mol. The van der Waals surface area contributed by atoms with E-state index in [1.54, 1.807) is 11.3 Å². The summed E-state index contributed by atoms with van der Waals surface area (Å²) in [6.07, 6.45) is 5.70. The van der Waals surface area contributed by atoms with Gasteiger partial charge < -0.3 is 5.32 Å². The van der Waals surface area contributed by atoms with Gasteiger partial charge in [0, 0.05) is 11.4 Å². The molecule has 1 saturated carbocycles. The van der Waals surface area contributed by atoms with Crippen molar-refractivity contribution in [2.45, 2.75) is 46.1 Å². The minimum Gasteiger partial charge on any atom is -0.312 e. The Balaban J connectivity index is 1.73. The van der Waals surface area contributed by atoms with Crippen LogP contribution >= 0.6 is 11.3 Å². The lowest BCUT2D eigenvalue weighted by atomic mass is 9.80. The summed E-state index contributed by atoms with van der Waals surface area (Å²) in [5.74, 6) is 1.80. The monoisotopic (exact) mass is 238 g/mol. The van der Waals surface area contributed by atoms with Crippen molar-refractivity contribution in [3.63, 3.8) is 0 Å². The van der Waals surface area contributed by atoms with Crippen molar-refractivity contribution in [3.05, 3.63) is 16.1 Å². The average molecular weight is 238 g/mol. The van der Waals surface area contributed by atoms with E-state index < -0.39 is 0 Å². The van der Waals surface area contributed by atoms with Gasteiger partial charge in [-0.3, -0.25) is 0 Å². The van der Waals surface area contributed by atoms with E-state index in [0.29, 0.717) is 0 Å². The molecule has 0 radical (unpaired) electrons. The molecule has 90 valence electrons. The van der Waals surface area contributed by atoms with Crippen LogP contribution in [0.5, 0.6) is 0 Å². The Kier molecular flexibility index (Phi) is 4.36. The molecule has 0 bridgehead atoms. The molecule has 2 unspecified atom stereocenters. The van der Waals surface area contributed by atoms with Gasteiger partial charge in [-0.15, -0.1) is 11.3 Å². The second-order valence-electron chi connectivity index (χ2n) is 5.01. The number of aromatic nitrogens is 1. The molecule has 1 aliphatic rings. The molecule has 0 aromatic carbocycles. The third-order valence-electron chi connectivity index (χ3n) is 3.83. The molecule has 0 saturated heterocycles. The molecular formula is C13H22N2S. The zero-order valence-electron chi connectivity index (χ0n) is 10.3. The van der Waals surface area contributed by atoms with Crippen LogP contribution < -0.4 is 5.32 Å². The van der Waals surface area contributed by atoms with Crippen LogP contribution in [0, 0.1) is 18.8 Å². The van der Waals surface area contributed by atoms with Crippen molar-refractivity contribution >= 4 is 11.3 Å². The molecule has 1 aromatic rings. The van der Waals surface area contributed by atoms with Gasteiger partial charge in [-0.2, -0.15) is 0 Å². The summed E-state index contributed by atoms with van der Waals surface area (Å²) in [6.45, 7) is 6.68. The lowest BCUT2D eigenvalue weighted by Crippen LogP contribution is -2.29. The molecule has 3 heteroatoms. The van der Waals surface area contributed by atoms with E-state index in [-0.39, 0.29) is 0 Å². The number of thiazole rings is 1. The van der Waals surface area contributed by atoms with Gasteiger partial charge in [0.2, 0.25) is 0 Å². The molecular weight excluding hydrogens is 216 g/mol. The van der Waals surface area contributed by atoms with E-state index in [0.717, 1.165) is 18.4 Å². The highest BCUT2D eigenvalue weighted by Crippen LogP contribution is 2.28. The van der Waals surface area contributed by atoms with Gasteiger partial charge in [-0.25, -0.2) is 4.98 Å². The molecule has 2 nitrogen and oxygen atoms in total. The minimum absolute atomic E-state index is 0.891. The van der Waals surface area contributed by atoms with Crippen LogP contribution in [-0.2, 0) is 6.54 Å². The first-order valence-electron chi connectivity index (χ1n) is 6.37. The first-order chi connectivity index (χ1) is 7.77. The fourth-order valence-corrected chi connectivity index (χ4v) is 3.31. The second-order valence-corrected chi connectivity index (χ2v) is 5.95. The van der Waals surface area contributed by atoms with Crippen LogP contribution in [-0.4, -0.2) is 11.5 Å². The maximum absolute atomic E-state index is 4.28. The maximum Gasteiger partial charge on any atom is 0.0798 e. The van der Waals surface area contributed by atoms with Gasteiger partial charge in [0.05, 0.1) is 11.2 Å². The van der Waals surface area contributed by atoms with Crippen molar-refractivity contribution < 1.29 is 0 Å². The van der Waals surface area contributed by atoms with Gasteiger partial charge in [-0.05, 0) is 31.7 Å². The minimum atomic E-state index is 0.891. The maximum atomic E-state index is 4.28. The summed E-state index contributed by atoms with van der Waals surface area (Å²) in [5, 5.41) is 3.60. The third-order valence-corrected chi connectivity index (χ3v) is 4.76. The Morgan fingerprint density at radius 2 is 2.25 bits per heavy atom. The number of rotatable bonds is 4. The molecule has 16 heavy (non-hydrogen) atoms. The Hall–Kier alpha value is -0.410. The van der Waals surface area contributed by atoms with Crippen LogP contribution in [0.15, 0.2) is 5.51 Å². The largest absolute Gasteiger partial charge is 0.312 e. The average Bonchev–Trinajstić information content (AvgIpc) is 2.67. The van der Waals surface area contributed by atoms with Gasteiger partial charge in [0.1, 0.15) is 0 Å². The van der Waals surface area contributed by atoms with E-state index >= 15 is 0 Å². The van der Waals surface area contributed by atoms with Crippen molar-refractivity contribution in [1.82, 2.24) is 10.3 Å². The smallest absolute Gasteiger partial charge is 0.0798 e. The number of hydrogen-bond donors (Lipinski definition) is 1. The Morgan fingerprint density at radius 3 is 2.94 bits per heavy atom. The highest BCUT2D eigenvalue weighted by molar-refractivity contribution is 7.09.